The maximum atomic E-state index is 12.9. The summed E-state index contributed by atoms with van der Waals surface area (Å²) in [4.78, 5) is 37.5. The summed E-state index contributed by atoms with van der Waals surface area (Å²) in [5, 5.41) is 1.50. The molecule has 2 N–H and O–H groups in total. The van der Waals surface area contributed by atoms with Crippen LogP contribution in [0.1, 0.15) is 21.9 Å². The van der Waals surface area contributed by atoms with Crippen molar-refractivity contribution in [2.75, 3.05) is 13.6 Å². The third-order valence-corrected chi connectivity index (χ3v) is 4.67. The lowest BCUT2D eigenvalue weighted by Gasteiger charge is -2.15. The highest BCUT2D eigenvalue weighted by Crippen LogP contribution is 2.22. The van der Waals surface area contributed by atoms with Gasteiger partial charge in [-0.25, -0.2) is 4.98 Å². The first kappa shape index (κ1) is 17.2. The number of Topliss-reactive ketones (excluding diaryl/α,β-unsaturated/α-hetero) is 1. The zero-order chi connectivity index (χ0) is 19.0. The van der Waals surface area contributed by atoms with E-state index >= 15 is 0 Å². The number of aromatic amines is 2. The third kappa shape index (κ3) is 3.27. The average Bonchev–Trinajstić information content (AvgIpc) is 2.97. The topological polar surface area (TPSA) is 81.8 Å². The van der Waals surface area contributed by atoms with Crippen molar-refractivity contribution in [3.8, 4) is 0 Å². The van der Waals surface area contributed by atoms with Crippen LogP contribution in [0, 0.1) is 6.92 Å². The molecule has 0 unspecified atom stereocenters. The van der Waals surface area contributed by atoms with Crippen LogP contribution in [0.25, 0.3) is 21.8 Å². The van der Waals surface area contributed by atoms with E-state index in [2.05, 4.69) is 15.0 Å². The van der Waals surface area contributed by atoms with Gasteiger partial charge in [0.15, 0.2) is 5.78 Å². The molecular formula is C21H20N4O2. The number of nitrogens with zero attached hydrogens (tertiary/aromatic N) is 2. The van der Waals surface area contributed by atoms with E-state index in [1.165, 1.54) is 0 Å². The predicted molar refractivity (Wildman–Crippen MR) is 106 cm³/mol. The van der Waals surface area contributed by atoms with Gasteiger partial charge < -0.3 is 9.97 Å². The highest BCUT2D eigenvalue weighted by molar-refractivity contribution is 6.10. The minimum Gasteiger partial charge on any atom is -0.358 e. The Kier molecular flexibility index (Phi) is 4.33. The predicted octanol–water partition coefficient (Wildman–Crippen LogP) is 3.03. The molecule has 0 aliphatic heterocycles. The summed E-state index contributed by atoms with van der Waals surface area (Å²) in [6, 6.07) is 15.0. The molecule has 4 aromatic rings. The number of carbonyl (C=O) groups excluding carboxylic acids is 1. The second-order valence-corrected chi connectivity index (χ2v) is 6.80. The van der Waals surface area contributed by atoms with Crippen molar-refractivity contribution in [2.24, 2.45) is 0 Å². The molecule has 0 spiro atoms. The van der Waals surface area contributed by atoms with Crippen molar-refractivity contribution in [2.45, 2.75) is 13.5 Å². The zero-order valence-electron chi connectivity index (χ0n) is 15.2. The van der Waals surface area contributed by atoms with E-state index in [1.807, 2.05) is 61.3 Å². The van der Waals surface area contributed by atoms with E-state index in [-0.39, 0.29) is 17.9 Å². The van der Waals surface area contributed by atoms with Crippen LogP contribution in [0.15, 0.2) is 53.3 Å². The molecule has 27 heavy (non-hydrogen) atoms. The molecular weight excluding hydrogens is 340 g/mol. The number of rotatable bonds is 5. The largest absolute Gasteiger partial charge is 0.358 e. The number of ketones is 1. The Labute approximate surface area is 155 Å². The molecule has 6 nitrogen and oxygen atoms in total. The first-order valence-corrected chi connectivity index (χ1v) is 8.80. The number of nitrogens with one attached hydrogen (secondary N) is 2. The van der Waals surface area contributed by atoms with E-state index < -0.39 is 0 Å². The van der Waals surface area contributed by atoms with Crippen LogP contribution in [0.5, 0.6) is 0 Å². The second-order valence-electron chi connectivity index (χ2n) is 6.80. The molecule has 0 aliphatic carbocycles. The lowest BCUT2D eigenvalue weighted by atomic mass is 10.1. The van der Waals surface area contributed by atoms with Gasteiger partial charge >= 0.3 is 0 Å². The van der Waals surface area contributed by atoms with Gasteiger partial charge in [0.2, 0.25) is 0 Å². The molecule has 0 radical (unpaired) electrons. The molecule has 0 fully saturated rings. The molecule has 2 aromatic carbocycles. The molecule has 0 aliphatic rings. The molecule has 2 aromatic heterocycles. The molecule has 6 heteroatoms. The van der Waals surface area contributed by atoms with Crippen molar-refractivity contribution in [3.05, 3.63) is 76.0 Å². The average molecular weight is 360 g/mol. The fraction of sp³-hybridized carbons (Fsp3) is 0.190. The Morgan fingerprint density at radius 2 is 1.74 bits per heavy atom. The van der Waals surface area contributed by atoms with E-state index in [4.69, 9.17) is 0 Å². The number of carbonyl (C=O) groups is 1. The van der Waals surface area contributed by atoms with Gasteiger partial charge in [-0.15, -0.1) is 0 Å². The Hall–Kier alpha value is -3.25. The highest BCUT2D eigenvalue weighted by Gasteiger charge is 2.18. The summed E-state index contributed by atoms with van der Waals surface area (Å²) >= 11 is 0. The van der Waals surface area contributed by atoms with Crippen LogP contribution in [0.4, 0.5) is 0 Å². The van der Waals surface area contributed by atoms with E-state index in [1.54, 1.807) is 6.07 Å². The second kappa shape index (κ2) is 6.81. The fourth-order valence-corrected chi connectivity index (χ4v) is 3.48. The molecule has 2 heterocycles. The number of hydrogen-bond donors (Lipinski definition) is 2. The Bertz CT molecular complexity index is 1210. The van der Waals surface area contributed by atoms with Gasteiger partial charge in [0.25, 0.3) is 5.56 Å². The summed E-state index contributed by atoms with van der Waals surface area (Å²) in [5.41, 5.74) is 3.04. The van der Waals surface area contributed by atoms with Gasteiger partial charge in [0.05, 0.1) is 24.0 Å². The number of aromatic nitrogens is 3. The van der Waals surface area contributed by atoms with Gasteiger partial charge in [-0.05, 0) is 32.2 Å². The Morgan fingerprint density at radius 3 is 2.56 bits per heavy atom. The Balaban J connectivity index is 1.55. The maximum Gasteiger partial charge on any atom is 0.258 e. The zero-order valence-corrected chi connectivity index (χ0v) is 15.2. The SMILES string of the molecule is Cc1[nH]c2ccccc2c1C(=O)CN(C)Cc1nc2ccccc2c(=O)[nH]1. The number of fused-ring (bicyclic) bond motifs is 2. The van der Waals surface area contributed by atoms with Crippen LogP contribution in [-0.2, 0) is 6.54 Å². The first-order chi connectivity index (χ1) is 13.0. The smallest absolute Gasteiger partial charge is 0.258 e. The molecule has 0 atom stereocenters. The van der Waals surface area contributed by atoms with Crippen LogP contribution < -0.4 is 5.56 Å². The van der Waals surface area contributed by atoms with Gasteiger partial charge in [-0.2, -0.15) is 0 Å². The molecule has 136 valence electrons. The summed E-state index contributed by atoms with van der Waals surface area (Å²) in [5.74, 6) is 0.584. The van der Waals surface area contributed by atoms with Gasteiger partial charge in [0, 0.05) is 22.2 Å². The van der Waals surface area contributed by atoms with Crippen molar-refractivity contribution >= 4 is 27.6 Å². The van der Waals surface area contributed by atoms with Crippen molar-refractivity contribution < 1.29 is 4.79 Å². The van der Waals surface area contributed by atoms with Crippen LogP contribution in [-0.4, -0.2) is 39.2 Å². The molecule has 0 amide bonds. The molecule has 0 saturated heterocycles. The number of benzene rings is 2. The van der Waals surface area contributed by atoms with Gasteiger partial charge in [-0.1, -0.05) is 30.3 Å². The molecule has 4 rings (SSSR count). The van der Waals surface area contributed by atoms with Crippen LogP contribution in [0.2, 0.25) is 0 Å². The summed E-state index contributed by atoms with van der Waals surface area (Å²) in [6.07, 6.45) is 0. The number of hydrogen-bond acceptors (Lipinski definition) is 4. The van der Waals surface area contributed by atoms with Crippen LogP contribution >= 0.6 is 0 Å². The first-order valence-electron chi connectivity index (χ1n) is 8.80. The standard InChI is InChI=1S/C21H20N4O2/c1-13-20(14-7-3-5-9-16(14)22-13)18(26)11-25(2)12-19-23-17-10-6-4-8-15(17)21(27)24-19/h3-10,22H,11-12H2,1-2H3,(H,23,24,27). The molecule has 0 bridgehead atoms. The summed E-state index contributed by atoms with van der Waals surface area (Å²) < 4.78 is 0. The number of likely N-dealkylation sites (N-methyl/N-ethyl adjacent to an activating group) is 1. The number of aryl methyl sites for hydroxylation is 1. The lowest BCUT2D eigenvalue weighted by Crippen LogP contribution is -2.28. The monoisotopic (exact) mass is 360 g/mol. The number of para-hydroxylation sites is 2. The lowest BCUT2D eigenvalue weighted by molar-refractivity contribution is 0.0943. The van der Waals surface area contributed by atoms with E-state index in [9.17, 15) is 9.59 Å². The normalized spacial score (nSPS) is 11.5. The van der Waals surface area contributed by atoms with Crippen molar-refractivity contribution in [1.29, 1.82) is 0 Å². The third-order valence-electron chi connectivity index (χ3n) is 4.67. The molecule has 0 saturated carbocycles. The minimum atomic E-state index is -0.164. The fourth-order valence-electron chi connectivity index (χ4n) is 3.48. The van der Waals surface area contributed by atoms with Crippen molar-refractivity contribution in [3.63, 3.8) is 0 Å². The number of H-pyrrole nitrogens is 2. The van der Waals surface area contributed by atoms with Gasteiger partial charge in [-0.3, -0.25) is 14.5 Å². The maximum absolute atomic E-state index is 12.9. The van der Waals surface area contributed by atoms with E-state index in [0.29, 0.717) is 23.3 Å². The Morgan fingerprint density at radius 1 is 1.04 bits per heavy atom. The highest BCUT2D eigenvalue weighted by atomic mass is 16.1. The quantitative estimate of drug-likeness (QED) is 0.536. The van der Waals surface area contributed by atoms with Crippen LogP contribution in [0.3, 0.4) is 0 Å². The van der Waals surface area contributed by atoms with E-state index in [0.717, 1.165) is 22.2 Å². The minimum absolute atomic E-state index is 0.0376. The summed E-state index contributed by atoms with van der Waals surface area (Å²) in [6.45, 7) is 2.53. The van der Waals surface area contributed by atoms with Crippen molar-refractivity contribution in [1.82, 2.24) is 19.9 Å². The summed E-state index contributed by atoms with van der Waals surface area (Å²) in [7, 11) is 1.84. The van der Waals surface area contributed by atoms with Gasteiger partial charge in [0.1, 0.15) is 5.82 Å².